The number of esters is 1. The Labute approximate surface area is 229 Å². The fraction of sp³-hybridized carbons (Fsp3) is 0.594. The quantitative estimate of drug-likeness (QED) is 0.334. The Hall–Kier alpha value is -2.73. The molecule has 1 unspecified atom stereocenters. The van der Waals surface area contributed by atoms with Crippen molar-refractivity contribution in [3.8, 4) is 11.1 Å². The predicted molar refractivity (Wildman–Crippen MR) is 156 cm³/mol. The van der Waals surface area contributed by atoms with Crippen molar-refractivity contribution in [2.24, 2.45) is 11.3 Å². The molecule has 3 rings (SSSR count). The van der Waals surface area contributed by atoms with Crippen LogP contribution in [0, 0.1) is 18.3 Å². The monoisotopic (exact) mass is 521 g/mol. The first-order valence-electron chi connectivity index (χ1n) is 13.9. The van der Waals surface area contributed by atoms with Crippen molar-refractivity contribution >= 4 is 17.7 Å². The minimum atomic E-state index is -0.897. The molecular weight excluding hydrogens is 474 g/mol. The minimum absolute atomic E-state index is 0.252. The highest BCUT2D eigenvalue weighted by Gasteiger charge is 2.37. The van der Waals surface area contributed by atoms with Crippen LogP contribution in [0.15, 0.2) is 30.7 Å². The number of rotatable bonds is 8. The van der Waals surface area contributed by atoms with Gasteiger partial charge >= 0.3 is 5.97 Å². The molecule has 1 atom stereocenters. The third-order valence-corrected chi connectivity index (χ3v) is 6.76. The summed E-state index contributed by atoms with van der Waals surface area (Å²) < 4.78 is 12.2. The number of aryl methyl sites for hydroxylation is 1. The van der Waals surface area contributed by atoms with Crippen LogP contribution in [0.1, 0.15) is 98.1 Å². The average Bonchev–Trinajstić information content (AvgIpc) is 2.80. The largest absolute Gasteiger partial charge is 0.461 e. The van der Waals surface area contributed by atoms with Crippen molar-refractivity contribution in [3.63, 3.8) is 0 Å². The zero-order valence-electron chi connectivity index (χ0n) is 25.1. The van der Waals surface area contributed by atoms with Gasteiger partial charge in [-0.2, -0.15) is 0 Å². The van der Waals surface area contributed by atoms with Crippen LogP contribution in [0.25, 0.3) is 17.2 Å². The SMILES string of the molecule is Cc1ncc(-c2cncc(C=CC(C)C)c2)c(N2CCC(C)(C)CC2)c1C(OC(C)(C)C)C(=O)OC(C)C. The smallest absolute Gasteiger partial charge is 0.340 e. The van der Waals surface area contributed by atoms with Crippen LogP contribution >= 0.6 is 0 Å². The van der Waals surface area contributed by atoms with E-state index in [9.17, 15) is 4.79 Å². The number of nitrogens with zero attached hydrogens (tertiary/aromatic N) is 3. The summed E-state index contributed by atoms with van der Waals surface area (Å²) >= 11 is 0. The Morgan fingerprint density at radius 2 is 1.74 bits per heavy atom. The molecule has 2 aromatic rings. The van der Waals surface area contributed by atoms with Gasteiger partial charge in [0.25, 0.3) is 0 Å². The van der Waals surface area contributed by atoms with Crippen molar-refractivity contribution in [2.45, 2.75) is 99.9 Å². The molecule has 208 valence electrons. The zero-order valence-corrected chi connectivity index (χ0v) is 25.1. The highest BCUT2D eigenvalue weighted by molar-refractivity contribution is 5.87. The second-order valence-corrected chi connectivity index (χ2v) is 12.9. The molecule has 1 aliphatic heterocycles. The van der Waals surface area contributed by atoms with E-state index in [0.29, 0.717) is 5.92 Å². The number of piperidine rings is 1. The van der Waals surface area contributed by atoms with Crippen LogP contribution in [0.5, 0.6) is 0 Å². The fourth-order valence-corrected chi connectivity index (χ4v) is 4.68. The molecule has 2 aromatic heterocycles. The normalized spacial score (nSPS) is 16.9. The summed E-state index contributed by atoms with van der Waals surface area (Å²) in [6.45, 7) is 22.3. The molecule has 6 nitrogen and oxygen atoms in total. The molecule has 0 amide bonds. The Kier molecular flexibility index (Phi) is 9.40. The molecule has 0 aliphatic carbocycles. The second kappa shape index (κ2) is 12.0. The highest BCUT2D eigenvalue weighted by atomic mass is 16.6. The molecule has 0 bridgehead atoms. The summed E-state index contributed by atoms with van der Waals surface area (Å²) in [5.41, 5.74) is 5.22. The molecule has 1 aliphatic rings. The fourth-order valence-electron chi connectivity index (χ4n) is 4.68. The molecule has 0 saturated carbocycles. The molecule has 0 radical (unpaired) electrons. The molecule has 6 heteroatoms. The van der Waals surface area contributed by atoms with Gasteiger partial charge in [0.05, 0.1) is 17.4 Å². The van der Waals surface area contributed by atoms with Gasteiger partial charge in [0.2, 0.25) is 0 Å². The molecule has 0 aromatic carbocycles. The van der Waals surface area contributed by atoms with E-state index in [2.05, 4.69) is 55.8 Å². The molecule has 38 heavy (non-hydrogen) atoms. The van der Waals surface area contributed by atoms with Crippen molar-refractivity contribution < 1.29 is 14.3 Å². The second-order valence-electron chi connectivity index (χ2n) is 12.9. The lowest BCUT2D eigenvalue weighted by Gasteiger charge is -2.41. The maximum atomic E-state index is 13.6. The van der Waals surface area contributed by atoms with Crippen molar-refractivity contribution in [2.75, 3.05) is 18.0 Å². The molecule has 1 fully saturated rings. The molecule has 0 spiro atoms. The van der Waals surface area contributed by atoms with Crippen LogP contribution in [0.2, 0.25) is 0 Å². The first kappa shape index (κ1) is 29.8. The van der Waals surface area contributed by atoms with Gasteiger partial charge in [0, 0.05) is 54.1 Å². The van der Waals surface area contributed by atoms with Gasteiger partial charge in [-0.1, -0.05) is 39.8 Å². The van der Waals surface area contributed by atoms with Crippen molar-refractivity contribution in [1.29, 1.82) is 0 Å². The van der Waals surface area contributed by atoms with E-state index in [4.69, 9.17) is 14.5 Å². The van der Waals surface area contributed by atoms with Crippen molar-refractivity contribution in [3.05, 3.63) is 47.6 Å². The number of pyridine rings is 2. The van der Waals surface area contributed by atoms with Gasteiger partial charge in [-0.05, 0) is 77.3 Å². The van der Waals surface area contributed by atoms with E-state index in [0.717, 1.165) is 59.6 Å². The van der Waals surface area contributed by atoms with Gasteiger partial charge in [0.1, 0.15) is 0 Å². The molecule has 3 heterocycles. The summed E-state index contributed by atoms with van der Waals surface area (Å²) in [7, 11) is 0. The average molecular weight is 522 g/mol. The van der Waals surface area contributed by atoms with Gasteiger partial charge in [0.15, 0.2) is 6.10 Å². The summed E-state index contributed by atoms with van der Waals surface area (Å²) in [6, 6.07) is 2.14. The zero-order chi connectivity index (χ0) is 28.3. The summed E-state index contributed by atoms with van der Waals surface area (Å²) in [6.07, 6.45) is 10.9. The maximum absolute atomic E-state index is 13.6. The van der Waals surface area contributed by atoms with Crippen LogP contribution in [0.3, 0.4) is 0 Å². The molecule has 0 N–H and O–H groups in total. The summed E-state index contributed by atoms with van der Waals surface area (Å²) in [5.74, 6) is 0.0585. The number of carbonyl (C=O) groups excluding carboxylic acids is 1. The number of ether oxygens (including phenoxy) is 2. The van der Waals surface area contributed by atoms with E-state index < -0.39 is 11.7 Å². The Bertz CT molecular complexity index is 1140. The predicted octanol–water partition coefficient (Wildman–Crippen LogP) is 7.56. The topological polar surface area (TPSA) is 64.5 Å². The number of hydrogen-bond acceptors (Lipinski definition) is 6. The first-order valence-corrected chi connectivity index (χ1v) is 13.9. The first-order chi connectivity index (χ1) is 17.7. The third kappa shape index (κ3) is 7.89. The third-order valence-electron chi connectivity index (χ3n) is 6.76. The van der Waals surface area contributed by atoms with E-state index in [-0.39, 0.29) is 17.5 Å². The lowest BCUT2D eigenvalue weighted by Crippen LogP contribution is -2.39. The lowest BCUT2D eigenvalue weighted by atomic mass is 9.82. The minimum Gasteiger partial charge on any atom is -0.461 e. The number of carbonyl (C=O) groups is 1. The van der Waals surface area contributed by atoms with E-state index >= 15 is 0 Å². The standard InChI is InChI=1S/C32H47N3O3/c1-21(2)11-12-24-17-25(19-33-18-24)26-20-34-23(5)27(28(26)35-15-13-32(9,10)14-16-35)29(38-31(6,7)8)30(36)37-22(3)4/h11-12,17-22,29H,13-16H2,1-10H3. The van der Waals surface area contributed by atoms with Crippen molar-refractivity contribution in [1.82, 2.24) is 9.97 Å². The van der Waals surface area contributed by atoms with Gasteiger partial charge in [-0.3, -0.25) is 9.97 Å². The highest BCUT2D eigenvalue weighted by Crippen LogP contribution is 2.43. The molecular formula is C32H47N3O3. The number of anilines is 1. The maximum Gasteiger partial charge on any atom is 0.340 e. The van der Waals surface area contributed by atoms with E-state index in [1.54, 1.807) is 0 Å². The van der Waals surface area contributed by atoms with E-state index in [1.807, 2.05) is 60.1 Å². The van der Waals surface area contributed by atoms with Crippen LogP contribution in [0.4, 0.5) is 5.69 Å². The van der Waals surface area contributed by atoms with Gasteiger partial charge in [-0.25, -0.2) is 4.79 Å². The summed E-state index contributed by atoms with van der Waals surface area (Å²) in [5, 5.41) is 0. The van der Waals surface area contributed by atoms with Gasteiger partial charge < -0.3 is 14.4 Å². The van der Waals surface area contributed by atoms with Crippen LogP contribution < -0.4 is 4.90 Å². The van der Waals surface area contributed by atoms with Crippen LogP contribution in [-0.4, -0.2) is 40.7 Å². The van der Waals surface area contributed by atoms with Gasteiger partial charge in [-0.15, -0.1) is 0 Å². The number of allylic oxidation sites excluding steroid dienone is 1. The van der Waals surface area contributed by atoms with E-state index in [1.165, 1.54) is 0 Å². The Morgan fingerprint density at radius 3 is 2.32 bits per heavy atom. The molecule has 1 saturated heterocycles. The van der Waals surface area contributed by atoms with Crippen LogP contribution in [-0.2, 0) is 14.3 Å². The Balaban J connectivity index is 2.25. The summed E-state index contributed by atoms with van der Waals surface area (Å²) in [4.78, 5) is 25.3. The lowest BCUT2D eigenvalue weighted by molar-refractivity contribution is -0.171. The Morgan fingerprint density at radius 1 is 1.08 bits per heavy atom. The number of hydrogen-bond donors (Lipinski definition) is 0. The number of aromatic nitrogens is 2.